The molecule has 0 saturated heterocycles. The Morgan fingerprint density at radius 1 is 1.22 bits per heavy atom. The molecule has 1 unspecified atom stereocenters. The van der Waals surface area contributed by atoms with Crippen LogP contribution in [0.5, 0.6) is 0 Å². The maximum absolute atomic E-state index is 13.5. The predicted octanol–water partition coefficient (Wildman–Crippen LogP) is 4.42. The zero-order valence-corrected chi connectivity index (χ0v) is 18.0. The Bertz CT molecular complexity index is 1270. The van der Waals surface area contributed by atoms with E-state index in [0.29, 0.717) is 0 Å². The number of carbonyl (C=O) groups excluding carboxylic acids is 1. The Morgan fingerprint density at radius 2 is 1.84 bits per heavy atom. The Kier molecular flexibility index (Phi) is 6.18. The molecule has 1 atom stereocenters. The van der Waals surface area contributed by atoms with Crippen molar-refractivity contribution in [3.05, 3.63) is 47.3 Å². The first-order chi connectivity index (χ1) is 14.9. The molecule has 0 aliphatic heterocycles. The lowest BCUT2D eigenvalue weighted by molar-refractivity contribution is -0.146. The number of alkyl halides is 3. The van der Waals surface area contributed by atoms with Gasteiger partial charge in [0.1, 0.15) is 17.4 Å². The normalized spacial score (nSPS) is 13.2. The quantitative estimate of drug-likeness (QED) is 0.516. The molecule has 2 aromatic heterocycles. The molecule has 7 nitrogen and oxygen atoms in total. The van der Waals surface area contributed by atoms with Gasteiger partial charge in [-0.1, -0.05) is 0 Å². The fourth-order valence-electron chi connectivity index (χ4n) is 3.00. The van der Waals surface area contributed by atoms with E-state index in [1.54, 1.807) is 0 Å². The number of hydrogen-bond acceptors (Lipinski definition) is 5. The lowest BCUT2D eigenvalue weighted by atomic mass is 9.98. The summed E-state index contributed by atoms with van der Waals surface area (Å²) in [7, 11) is -2.64. The second-order valence-corrected chi connectivity index (χ2v) is 8.95. The van der Waals surface area contributed by atoms with Gasteiger partial charge >= 0.3 is 6.18 Å². The van der Waals surface area contributed by atoms with Gasteiger partial charge in [0.15, 0.2) is 0 Å². The van der Waals surface area contributed by atoms with Crippen LogP contribution in [-0.4, -0.2) is 38.3 Å². The summed E-state index contributed by atoms with van der Waals surface area (Å²) in [6, 6.07) is 5.96. The number of nitrogens with one attached hydrogen (secondary N) is 2. The van der Waals surface area contributed by atoms with Crippen molar-refractivity contribution in [2.45, 2.75) is 25.9 Å². The number of nitrogens with zero attached hydrogens (tertiary/aromatic N) is 1. The van der Waals surface area contributed by atoms with Gasteiger partial charge in [-0.05, 0) is 44.2 Å². The van der Waals surface area contributed by atoms with Crippen LogP contribution in [0.2, 0.25) is 0 Å². The first kappa shape index (κ1) is 23.5. The zero-order valence-electron chi connectivity index (χ0n) is 17.2. The summed E-state index contributed by atoms with van der Waals surface area (Å²) in [5, 5.41) is 2.34. The number of anilines is 1. The Morgan fingerprint density at radius 3 is 2.38 bits per heavy atom. The summed E-state index contributed by atoms with van der Waals surface area (Å²) in [6.07, 6.45) is -4.71. The van der Waals surface area contributed by atoms with Crippen LogP contribution in [0.3, 0.4) is 0 Å². The third kappa shape index (κ3) is 4.54. The van der Waals surface area contributed by atoms with Gasteiger partial charge in [-0.15, -0.1) is 0 Å². The Labute approximate surface area is 180 Å². The van der Waals surface area contributed by atoms with Gasteiger partial charge in [0.05, 0.1) is 22.6 Å². The number of benzene rings is 1. The number of amides is 1. The molecule has 2 N–H and O–H groups in total. The van der Waals surface area contributed by atoms with Gasteiger partial charge in [-0.3, -0.25) is 9.52 Å². The van der Waals surface area contributed by atoms with E-state index < -0.39 is 51.0 Å². The number of halogens is 4. The molecule has 0 bridgehead atoms. The van der Waals surface area contributed by atoms with Crippen LogP contribution in [0.1, 0.15) is 35.7 Å². The predicted molar refractivity (Wildman–Crippen MR) is 110 cm³/mol. The first-order valence-corrected chi connectivity index (χ1v) is 11.1. The van der Waals surface area contributed by atoms with Crippen molar-refractivity contribution in [1.29, 1.82) is 0 Å². The third-order valence-electron chi connectivity index (χ3n) is 4.86. The first-order valence-electron chi connectivity index (χ1n) is 9.40. The fourth-order valence-corrected chi connectivity index (χ4v) is 3.60. The van der Waals surface area contributed by atoms with Crippen LogP contribution in [0.4, 0.5) is 23.4 Å². The van der Waals surface area contributed by atoms with Crippen LogP contribution in [0.15, 0.2) is 34.7 Å². The molecule has 3 rings (SSSR count). The highest BCUT2D eigenvalue weighted by Crippen LogP contribution is 2.41. The number of sulfonamides is 1. The molecule has 32 heavy (non-hydrogen) atoms. The Hall–Kier alpha value is -3.15. The molecular formula is C20H19F4N3O4S. The largest absolute Gasteiger partial charge is 0.437 e. The monoisotopic (exact) mass is 473 g/mol. The minimum atomic E-state index is -4.71. The smallest absolute Gasteiger partial charge is 0.395 e. The SMILES string of the molecule is CCS(=O)(=O)Nc1nc2oc(-c3ccc(F)cc3)c(C(=O)NC)c2cc1C(C)C(F)(F)F. The van der Waals surface area contributed by atoms with Crippen LogP contribution < -0.4 is 10.0 Å². The number of rotatable bonds is 6. The van der Waals surface area contributed by atoms with Gasteiger partial charge in [0.25, 0.3) is 5.91 Å². The van der Waals surface area contributed by atoms with Crippen molar-refractivity contribution < 1.29 is 35.2 Å². The highest BCUT2D eigenvalue weighted by atomic mass is 32.2. The molecule has 0 saturated carbocycles. The van der Waals surface area contributed by atoms with E-state index in [4.69, 9.17) is 4.42 Å². The zero-order chi connectivity index (χ0) is 23.8. The van der Waals surface area contributed by atoms with Gasteiger partial charge in [-0.25, -0.2) is 12.8 Å². The van der Waals surface area contributed by atoms with E-state index in [1.165, 1.54) is 26.1 Å². The molecular weight excluding hydrogens is 454 g/mol. The molecule has 1 aromatic carbocycles. The average Bonchev–Trinajstić information content (AvgIpc) is 3.09. The minimum absolute atomic E-state index is 0.0470. The molecule has 0 spiro atoms. The standard InChI is InChI=1S/C20H19F4N3O4S/c1-4-32(29,30)27-17-13(10(2)20(22,23)24)9-14-15(18(28)25-3)16(31-19(14)26-17)11-5-7-12(21)8-6-11/h5-10H,4H2,1-3H3,(H,25,28)(H,26,27). The number of pyridine rings is 1. The summed E-state index contributed by atoms with van der Waals surface area (Å²) in [6.45, 7) is 2.17. The second-order valence-electron chi connectivity index (χ2n) is 6.94. The minimum Gasteiger partial charge on any atom is -0.437 e. The molecule has 3 aromatic rings. The summed E-state index contributed by atoms with van der Waals surface area (Å²) < 4.78 is 85.7. The van der Waals surface area contributed by atoms with E-state index >= 15 is 0 Å². The van der Waals surface area contributed by atoms with Crippen molar-refractivity contribution >= 4 is 32.8 Å². The molecule has 1 amide bonds. The van der Waals surface area contributed by atoms with Crippen molar-refractivity contribution in [3.8, 4) is 11.3 Å². The number of hydrogen-bond donors (Lipinski definition) is 2. The number of fused-ring (bicyclic) bond motifs is 1. The van der Waals surface area contributed by atoms with Crippen molar-refractivity contribution in [2.24, 2.45) is 0 Å². The van der Waals surface area contributed by atoms with Crippen LogP contribution in [0, 0.1) is 5.82 Å². The fraction of sp³-hybridized carbons (Fsp3) is 0.300. The topological polar surface area (TPSA) is 101 Å². The highest BCUT2D eigenvalue weighted by Gasteiger charge is 2.40. The lowest BCUT2D eigenvalue weighted by Crippen LogP contribution is -2.23. The molecule has 0 radical (unpaired) electrons. The second kappa shape index (κ2) is 8.41. The van der Waals surface area contributed by atoms with Crippen LogP contribution >= 0.6 is 0 Å². The highest BCUT2D eigenvalue weighted by molar-refractivity contribution is 7.92. The van der Waals surface area contributed by atoms with E-state index in [2.05, 4.69) is 15.0 Å². The third-order valence-corrected chi connectivity index (χ3v) is 6.13. The molecule has 0 fully saturated rings. The molecule has 0 aliphatic carbocycles. The maximum Gasteiger partial charge on any atom is 0.395 e. The summed E-state index contributed by atoms with van der Waals surface area (Å²) in [5.74, 6) is -4.30. The van der Waals surface area contributed by atoms with Crippen LogP contribution in [-0.2, 0) is 10.0 Å². The number of aromatic nitrogens is 1. The summed E-state index contributed by atoms with van der Waals surface area (Å²) in [4.78, 5) is 16.6. The van der Waals surface area contributed by atoms with E-state index in [-0.39, 0.29) is 28.0 Å². The van der Waals surface area contributed by atoms with Gasteiger partial charge in [-0.2, -0.15) is 18.2 Å². The summed E-state index contributed by atoms with van der Waals surface area (Å²) in [5.41, 5.74) is -0.556. The van der Waals surface area contributed by atoms with E-state index in [9.17, 15) is 30.8 Å². The van der Waals surface area contributed by atoms with Crippen molar-refractivity contribution in [1.82, 2.24) is 10.3 Å². The molecule has 172 valence electrons. The van der Waals surface area contributed by atoms with Crippen molar-refractivity contribution in [3.63, 3.8) is 0 Å². The maximum atomic E-state index is 13.5. The van der Waals surface area contributed by atoms with E-state index in [0.717, 1.165) is 25.1 Å². The lowest BCUT2D eigenvalue weighted by Gasteiger charge is -2.19. The van der Waals surface area contributed by atoms with Gasteiger partial charge in [0.2, 0.25) is 15.7 Å². The number of carbonyl (C=O) groups is 1. The number of furan rings is 1. The Balaban J connectivity index is 2.35. The van der Waals surface area contributed by atoms with E-state index in [1.807, 2.05) is 0 Å². The molecule has 2 heterocycles. The molecule has 12 heteroatoms. The van der Waals surface area contributed by atoms with Gasteiger partial charge in [0, 0.05) is 18.2 Å². The average molecular weight is 473 g/mol. The summed E-state index contributed by atoms with van der Waals surface area (Å²) >= 11 is 0. The van der Waals surface area contributed by atoms with Crippen molar-refractivity contribution in [2.75, 3.05) is 17.5 Å². The van der Waals surface area contributed by atoms with Gasteiger partial charge < -0.3 is 9.73 Å². The molecule has 0 aliphatic rings. The van der Waals surface area contributed by atoms with Crippen LogP contribution in [0.25, 0.3) is 22.4 Å².